The molecule has 0 fully saturated rings. The highest BCUT2D eigenvalue weighted by molar-refractivity contribution is 7.47. The monoisotopic (exact) mass is 1110 g/mol. The zero-order chi connectivity index (χ0) is 56.9. The van der Waals surface area contributed by atoms with Gasteiger partial charge in [-0.1, -0.05) is 227 Å². The normalized spacial score (nSPS) is 14.0. The number of allylic oxidation sites excluding steroid dienone is 16. The Kier molecular flexibility index (Phi) is 56.8. The summed E-state index contributed by atoms with van der Waals surface area (Å²) < 4.78 is 39.6. The van der Waals surface area contributed by atoms with Crippen LogP contribution < -0.4 is 0 Å². The highest BCUT2D eigenvalue weighted by atomic mass is 31.2. The second kappa shape index (κ2) is 59.5. The van der Waals surface area contributed by atoms with Crippen molar-refractivity contribution in [1.29, 1.82) is 0 Å². The molecule has 12 heteroatoms. The van der Waals surface area contributed by atoms with Crippen LogP contribution >= 0.6 is 7.82 Å². The second-order valence-electron chi connectivity index (χ2n) is 20.5. The van der Waals surface area contributed by atoms with Crippen LogP contribution in [0.4, 0.5) is 0 Å². The summed E-state index contributed by atoms with van der Waals surface area (Å²) in [5.74, 6) is -1.52. The van der Waals surface area contributed by atoms with E-state index in [2.05, 4.69) is 118 Å². The number of carbonyl (C=O) groups excluding carboxylic acids is 3. The summed E-state index contributed by atoms with van der Waals surface area (Å²) in [7, 11) is -4.77. The number of hydrogen-bond acceptors (Lipinski definition) is 10. The van der Waals surface area contributed by atoms with Crippen molar-refractivity contribution in [3.8, 4) is 0 Å². The van der Waals surface area contributed by atoms with E-state index in [0.717, 1.165) is 122 Å². The Labute approximate surface area is 476 Å². The van der Waals surface area contributed by atoms with E-state index >= 15 is 0 Å². The van der Waals surface area contributed by atoms with Gasteiger partial charge in [-0.3, -0.25) is 23.4 Å². The number of carbonyl (C=O) groups is 3. The van der Waals surface area contributed by atoms with Gasteiger partial charge >= 0.3 is 25.7 Å². The first kappa shape index (κ1) is 74.4. The van der Waals surface area contributed by atoms with E-state index < -0.39 is 57.8 Å². The van der Waals surface area contributed by atoms with Gasteiger partial charge in [-0.2, -0.15) is 0 Å². The summed E-state index contributed by atoms with van der Waals surface area (Å²) in [5.41, 5.74) is 0. The van der Waals surface area contributed by atoms with E-state index in [4.69, 9.17) is 23.3 Å². The van der Waals surface area contributed by atoms with Crippen LogP contribution in [0.25, 0.3) is 0 Å². The Morgan fingerprint density at radius 2 is 0.692 bits per heavy atom. The molecule has 3 atom stereocenters. The van der Waals surface area contributed by atoms with Gasteiger partial charge in [0.05, 0.1) is 19.8 Å². The Morgan fingerprint density at radius 3 is 1.10 bits per heavy atom. The van der Waals surface area contributed by atoms with E-state index in [1.54, 1.807) is 0 Å². The SMILES string of the molecule is CC/C=C\C/C=C\C/C=C\C/C=C\C/C=C\CCCCCC(=O)OC(COC(=O)CCCCCCC/C=C\C/C=C\CCC)COP(=O)(O)OCC(CO)OC(=O)CCCCCCCCCCC/C=C\CCCCCCCC. The summed E-state index contributed by atoms with van der Waals surface area (Å²) >= 11 is 0. The topological polar surface area (TPSA) is 155 Å². The average molecular weight is 1110 g/mol. The van der Waals surface area contributed by atoms with Crippen LogP contribution in [0.5, 0.6) is 0 Å². The van der Waals surface area contributed by atoms with E-state index in [1.807, 2.05) is 0 Å². The molecule has 78 heavy (non-hydrogen) atoms. The second-order valence-corrected chi connectivity index (χ2v) is 21.9. The molecule has 0 aromatic heterocycles. The molecule has 0 saturated heterocycles. The molecule has 0 aliphatic heterocycles. The summed E-state index contributed by atoms with van der Waals surface area (Å²) in [6.07, 6.45) is 70.8. The Hall–Kier alpha value is -3.60. The molecular weight excluding hydrogens is 1000 g/mol. The number of ether oxygens (including phenoxy) is 3. The van der Waals surface area contributed by atoms with E-state index in [-0.39, 0.29) is 25.9 Å². The quantitative estimate of drug-likeness (QED) is 0.0197. The Morgan fingerprint density at radius 1 is 0.372 bits per heavy atom. The number of hydrogen-bond donors (Lipinski definition) is 2. The lowest BCUT2D eigenvalue weighted by molar-refractivity contribution is -0.161. The highest BCUT2D eigenvalue weighted by Crippen LogP contribution is 2.43. The minimum atomic E-state index is -4.77. The first-order valence-corrected chi connectivity index (χ1v) is 32.6. The van der Waals surface area contributed by atoms with Crippen molar-refractivity contribution in [2.45, 2.75) is 277 Å². The van der Waals surface area contributed by atoms with Crippen molar-refractivity contribution in [2.24, 2.45) is 0 Å². The molecule has 0 amide bonds. The number of phosphoric acid groups is 1. The molecular formula is C66H113O11P. The molecule has 0 aromatic carbocycles. The van der Waals surface area contributed by atoms with Gasteiger partial charge in [-0.05, 0) is 116 Å². The van der Waals surface area contributed by atoms with Crippen molar-refractivity contribution in [3.63, 3.8) is 0 Å². The van der Waals surface area contributed by atoms with Crippen molar-refractivity contribution in [3.05, 3.63) is 97.2 Å². The fourth-order valence-electron chi connectivity index (χ4n) is 8.24. The first-order chi connectivity index (χ1) is 38.2. The van der Waals surface area contributed by atoms with Gasteiger partial charge in [0, 0.05) is 19.3 Å². The van der Waals surface area contributed by atoms with Gasteiger partial charge in [-0.25, -0.2) is 4.57 Å². The lowest BCUT2D eigenvalue weighted by Crippen LogP contribution is -2.30. The lowest BCUT2D eigenvalue weighted by Gasteiger charge is -2.21. The van der Waals surface area contributed by atoms with Gasteiger partial charge in [0.2, 0.25) is 0 Å². The van der Waals surface area contributed by atoms with Crippen LogP contribution in [0.15, 0.2) is 97.2 Å². The molecule has 3 unspecified atom stereocenters. The molecule has 0 saturated carbocycles. The minimum Gasteiger partial charge on any atom is -0.462 e. The average Bonchev–Trinajstić information content (AvgIpc) is 3.43. The zero-order valence-electron chi connectivity index (χ0n) is 49.6. The standard InChI is InChI=1S/C66H113O11P/c1-4-7-10-13-16-19-22-25-27-29-31-33-35-38-41-44-47-50-53-56-65(69)76-62(58-67)60-74-78(71,72)75-61-63(59-73-64(68)55-52-49-46-43-40-37-24-21-18-15-12-9-6-3)77-66(70)57-54-51-48-45-42-39-36-34-32-30-28-26-23-20-17-14-11-8-5-2/h8,11-12,15,17,20-21,24-28,32,34,39,42,62-63,67H,4-7,9-10,13-14,16,18-19,22-23,29-31,33,35-38,40-41,43-61H2,1-3H3,(H,71,72)/b11-8-,15-12-,20-17-,24-21-,27-25-,28-26-,34-32-,42-39-. The van der Waals surface area contributed by atoms with Crippen LogP contribution in [0, 0.1) is 0 Å². The zero-order valence-corrected chi connectivity index (χ0v) is 50.5. The fraction of sp³-hybridized carbons (Fsp3) is 0.712. The molecule has 0 aromatic rings. The molecule has 0 aliphatic rings. The molecule has 0 aliphatic carbocycles. The Balaban J connectivity index is 4.72. The first-order valence-electron chi connectivity index (χ1n) is 31.1. The maximum Gasteiger partial charge on any atom is 0.472 e. The smallest absolute Gasteiger partial charge is 0.462 e. The number of aliphatic hydroxyl groups is 1. The van der Waals surface area contributed by atoms with Gasteiger partial charge in [0.15, 0.2) is 6.10 Å². The van der Waals surface area contributed by atoms with Crippen LogP contribution in [0.2, 0.25) is 0 Å². The third-order valence-electron chi connectivity index (χ3n) is 12.9. The van der Waals surface area contributed by atoms with Crippen molar-refractivity contribution in [1.82, 2.24) is 0 Å². The molecule has 11 nitrogen and oxygen atoms in total. The van der Waals surface area contributed by atoms with Crippen molar-refractivity contribution >= 4 is 25.7 Å². The van der Waals surface area contributed by atoms with Crippen LogP contribution in [0.3, 0.4) is 0 Å². The lowest BCUT2D eigenvalue weighted by atomic mass is 10.1. The molecule has 0 spiro atoms. The van der Waals surface area contributed by atoms with Gasteiger partial charge in [-0.15, -0.1) is 0 Å². The number of aliphatic hydroxyl groups excluding tert-OH is 1. The number of phosphoric ester groups is 1. The van der Waals surface area contributed by atoms with E-state index in [1.165, 1.54) is 83.5 Å². The summed E-state index contributed by atoms with van der Waals surface area (Å²) in [6, 6.07) is 0. The number of esters is 3. The number of rotatable bonds is 57. The van der Waals surface area contributed by atoms with Gasteiger partial charge < -0.3 is 24.2 Å². The molecule has 0 radical (unpaired) electrons. The van der Waals surface area contributed by atoms with Crippen LogP contribution in [0.1, 0.15) is 265 Å². The molecule has 0 bridgehead atoms. The van der Waals surface area contributed by atoms with Crippen molar-refractivity contribution in [2.75, 3.05) is 26.4 Å². The summed E-state index contributed by atoms with van der Waals surface area (Å²) in [6.45, 7) is 4.42. The molecule has 448 valence electrons. The van der Waals surface area contributed by atoms with E-state index in [9.17, 15) is 28.9 Å². The highest BCUT2D eigenvalue weighted by Gasteiger charge is 2.28. The van der Waals surface area contributed by atoms with Crippen molar-refractivity contribution < 1.29 is 52.2 Å². The Bertz CT molecular complexity index is 1680. The van der Waals surface area contributed by atoms with E-state index in [0.29, 0.717) is 19.3 Å². The minimum absolute atomic E-state index is 0.122. The maximum atomic E-state index is 12.9. The fourth-order valence-corrected chi connectivity index (χ4v) is 9.02. The van der Waals surface area contributed by atoms with Crippen LogP contribution in [-0.4, -0.2) is 66.5 Å². The predicted molar refractivity (Wildman–Crippen MR) is 325 cm³/mol. The molecule has 2 N–H and O–H groups in total. The molecule has 0 heterocycles. The third kappa shape index (κ3) is 57.1. The maximum absolute atomic E-state index is 12.9. The summed E-state index contributed by atoms with van der Waals surface area (Å²) in [4.78, 5) is 48.7. The van der Waals surface area contributed by atoms with Gasteiger partial charge in [0.1, 0.15) is 12.7 Å². The number of unbranched alkanes of at least 4 members (excludes halogenated alkanes) is 24. The largest absolute Gasteiger partial charge is 0.472 e. The summed E-state index contributed by atoms with van der Waals surface area (Å²) in [5, 5.41) is 9.85. The van der Waals surface area contributed by atoms with Crippen LogP contribution in [-0.2, 0) is 42.2 Å². The predicted octanol–water partition coefficient (Wildman–Crippen LogP) is 18.8. The molecule has 0 rings (SSSR count). The third-order valence-corrected chi connectivity index (χ3v) is 13.9. The van der Waals surface area contributed by atoms with Gasteiger partial charge in [0.25, 0.3) is 0 Å².